The number of imidazole rings is 1. The van der Waals surface area contributed by atoms with Crippen molar-refractivity contribution in [3.05, 3.63) is 72.4 Å². The molecule has 0 fully saturated rings. The summed E-state index contributed by atoms with van der Waals surface area (Å²) < 4.78 is 7.30. The number of aromatic nitrogens is 6. The molecule has 0 aliphatic heterocycles. The van der Waals surface area contributed by atoms with E-state index in [1.54, 1.807) is 50.0 Å². The third-order valence-electron chi connectivity index (χ3n) is 5.84. The Kier molecular flexibility index (Phi) is 6.31. The number of aromatic hydroxyl groups is 1. The van der Waals surface area contributed by atoms with Crippen LogP contribution in [0.4, 0.5) is 0 Å². The maximum Gasteiger partial charge on any atom is 0.251 e. The monoisotopic (exact) mass is 483 g/mol. The number of aryl methyl sites for hydroxylation is 1. The lowest BCUT2D eigenvalue weighted by molar-refractivity contribution is 0.0949. The molecule has 10 heteroatoms. The summed E-state index contributed by atoms with van der Waals surface area (Å²) in [6.07, 6.45) is 4.27. The smallest absolute Gasteiger partial charge is 0.251 e. The third-order valence-corrected chi connectivity index (χ3v) is 5.84. The van der Waals surface area contributed by atoms with Crippen molar-refractivity contribution >= 4 is 16.9 Å². The van der Waals surface area contributed by atoms with Gasteiger partial charge in [-0.05, 0) is 54.4 Å². The Morgan fingerprint density at radius 3 is 2.89 bits per heavy atom. The molecule has 0 bridgehead atoms. The number of phenols is 1. The SMILES string of the molecule is CCCn1cnnc1CNC(=O)c1ccc2nc(-c3cc(-c4cccnc4OC)ccc3O)[nH]c2c1. The maximum absolute atomic E-state index is 12.8. The molecule has 0 radical (unpaired) electrons. The van der Waals surface area contributed by atoms with Crippen molar-refractivity contribution in [1.29, 1.82) is 0 Å². The number of H-pyrrole nitrogens is 1. The maximum atomic E-state index is 12.8. The molecule has 0 spiro atoms. The fraction of sp³-hybridized carbons (Fsp3) is 0.192. The number of pyridine rings is 1. The number of methoxy groups -OCH3 is 1. The van der Waals surface area contributed by atoms with Crippen LogP contribution in [0.5, 0.6) is 11.6 Å². The minimum Gasteiger partial charge on any atom is -0.507 e. The molecule has 3 N–H and O–H groups in total. The van der Waals surface area contributed by atoms with Crippen molar-refractivity contribution in [3.63, 3.8) is 0 Å². The van der Waals surface area contributed by atoms with Gasteiger partial charge in [-0.2, -0.15) is 0 Å². The van der Waals surface area contributed by atoms with Gasteiger partial charge in [0.25, 0.3) is 5.91 Å². The van der Waals surface area contributed by atoms with Gasteiger partial charge in [-0.15, -0.1) is 10.2 Å². The Hall–Kier alpha value is -4.73. The Bertz CT molecular complexity index is 1540. The van der Waals surface area contributed by atoms with Crippen LogP contribution < -0.4 is 10.1 Å². The molecule has 0 atom stereocenters. The molecule has 3 aromatic heterocycles. The van der Waals surface area contributed by atoms with Gasteiger partial charge in [0, 0.05) is 23.9 Å². The van der Waals surface area contributed by atoms with Gasteiger partial charge >= 0.3 is 0 Å². The summed E-state index contributed by atoms with van der Waals surface area (Å²) in [6.45, 7) is 3.15. The first-order valence-electron chi connectivity index (χ1n) is 11.5. The third kappa shape index (κ3) is 4.48. The Balaban J connectivity index is 1.41. The number of ether oxygens (including phenoxy) is 1. The number of carbonyl (C=O) groups is 1. The van der Waals surface area contributed by atoms with Gasteiger partial charge < -0.3 is 24.7 Å². The Morgan fingerprint density at radius 1 is 1.17 bits per heavy atom. The Morgan fingerprint density at radius 2 is 2.06 bits per heavy atom. The minimum atomic E-state index is -0.229. The van der Waals surface area contributed by atoms with Crippen molar-refractivity contribution in [2.45, 2.75) is 26.4 Å². The number of fused-ring (bicyclic) bond motifs is 1. The lowest BCUT2D eigenvalue weighted by Gasteiger charge is -2.09. The number of hydrogen-bond acceptors (Lipinski definition) is 7. The second-order valence-corrected chi connectivity index (χ2v) is 8.23. The Labute approximate surface area is 207 Å². The zero-order valence-electron chi connectivity index (χ0n) is 19.9. The lowest BCUT2D eigenvalue weighted by atomic mass is 10.0. The van der Waals surface area contributed by atoms with E-state index in [0.717, 1.165) is 24.1 Å². The molecular formula is C26H25N7O3. The van der Waals surface area contributed by atoms with Crippen molar-refractivity contribution in [1.82, 2.24) is 35.0 Å². The van der Waals surface area contributed by atoms with Crippen molar-refractivity contribution in [2.75, 3.05) is 7.11 Å². The normalized spacial score (nSPS) is 11.1. The first kappa shape index (κ1) is 23.0. The van der Waals surface area contributed by atoms with E-state index in [1.165, 1.54) is 0 Å². The summed E-state index contributed by atoms with van der Waals surface area (Å²) in [6, 6.07) is 14.2. The lowest BCUT2D eigenvalue weighted by Crippen LogP contribution is -2.24. The fourth-order valence-corrected chi connectivity index (χ4v) is 4.05. The highest BCUT2D eigenvalue weighted by atomic mass is 16.5. The number of rotatable bonds is 8. The van der Waals surface area contributed by atoms with E-state index in [1.807, 2.05) is 22.8 Å². The molecule has 3 heterocycles. The average molecular weight is 484 g/mol. The van der Waals surface area contributed by atoms with Crippen LogP contribution in [-0.4, -0.2) is 47.8 Å². The quantitative estimate of drug-likeness (QED) is 0.305. The molecular weight excluding hydrogens is 458 g/mol. The molecule has 182 valence electrons. The van der Waals surface area contributed by atoms with Crippen molar-refractivity contribution in [2.24, 2.45) is 0 Å². The fourth-order valence-electron chi connectivity index (χ4n) is 4.05. The molecule has 2 aromatic carbocycles. The van der Waals surface area contributed by atoms with E-state index in [0.29, 0.717) is 39.7 Å². The van der Waals surface area contributed by atoms with E-state index >= 15 is 0 Å². The van der Waals surface area contributed by atoms with Crippen LogP contribution in [-0.2, 0) is 13.1 Å². The standard InChI is InChI=1S/C26H25N7O3/c1-3-11-33-15-29-32-23(33)14-28-25(35)17-6-8-20-21(13-17)31-24(30-20)19-12-16(7-9-22(19)34)18-5-4-10-27-26(18)36-2/h4-10,12-13,15,34H,3,11,14H2,1-2H3,(H,28,35)(H,30,31). The minimum absolute atomic E-state index is 0.0785. The van der Waals surface area contributed by atoms with Crippen molar-refractivity contribution < 1.29 is 14.6 Å². The number of amides is 1. The van der Waals surface area contributed by atoms with Gasteiger partial charge in [0.05, 0.1) is 30.3 Å². The zero-order valence-corrected chi connectivity index (χ0v) is 19.9. The zero-order chi connectivity index (χ0) is 25.1. The molecule has 5 rings (SSSR count). The van der Waals surface area contributed by atoms with Crippen LogP contribution in [0, 0.1) is 0 Å². The molecule has 5 aromatic rings. The van der Waals surface area contributed by atoms with E-state index in [9.17, 15) is 9.90 Å². The molecule has 10 nitrogen and oxygen atoms in total. The predicted octanol–water partition coefficient (Wildman–Crippen LogP) is 3.94. The molecule has 36 heavy (non-hydrogen) atoms. The number of benzene rings is 2. The van der Waals surface area contributed by atoms with Crippen LogP contribution in [0.15, 0.2) is 61.1 Å². The largest absolute Gasteiger partial charge is 0.507 e. The van der Waals surface area contributed by atoms with Crippen LogP contribution in [0.1, 0.15) is 29.5 Å². The highest BCUT2D eigenvalue weighted by Crippen LogP contribution is 2.35. The highest BCUT2D eigenvalue weighted by molar-refractivity contribution is 5.97. The van der Waals surface area contributed by atoms with Gasteiger partial charge in [-0.25, -0.2) is 9.97 Å². The second kappa shape index (κ2) is 9.87. The van der Waals surface area contributed by atoms with Crippen molar-refractivity contribution in [3.8, 4) is 34.1 Å². The van der Waals surface area contributed by atoms with Crippen LogP contribution >= 0.6 is 0 Å². The number of phenolic OH excluding ortho intramolecular Hbond substituents is 1. The molecule has 1 amide bonds. The topological polar surface area (TPSA) is 131 Å². The first-order chi connectivity index (χ1) is 17.6. The average Bonchev–Trinajstić information content (AvgIpc) is 3.54. The van der Waals surface area contributed by atoms with E-state index in [-0.39, 0.29) is 18.2 Å². The van der Waals surface area contributed by atoms with E-state index < -0.39 is 0 Å². The van der Waals surface area contributed by atoms with Gasteiger partial charge in [-0.3, -0.25) is 4.79 Å². The summed E-state index contributed by atoms with van der Waals surface area (Å²) in [7, 11) is 1.57. The van der Waals surface area contributed by atoms with Crippen LogP contribution in [0.25, 0.3) is 33.5 Å². The highest BCUT2D eigenvalue weighted by Gasteiger charge is 2.15. The van der Waals surface area contributed by atoms with Gasteiger partial charge in [0.2, 0.25) is 5.88 Å². The van der Waals surface area contributed by atoms with E-state index in [4.69, 9.17) is 4.74 Å². The summed E-state index contributed by atoms with van der Waals surface area (Å²) >= 11 is 0. The first-order valence-corrected chi connectivity index (χ1v) is 11.5. The molecule has 0 saturated heterocycles. The number of hydrogen-bond donors (Lipinski definition) is 3. The molecule has 0 unspecified atom stereocenters. The van der Waals surface area contributed by atoms with Gasteiger partial charge in [0.15, 0.2) is 5.82 Å². The second-order valence-electron chi connectivity index (χ2n) is 8.23. The number of carbonyl (C=O) groups excluding carboxylic acids is 1. The number of nitrogens with zero attached hydrogens (tertiary/aromatic N) is 5. The molecule has 0 saturated carbocycles. The van der Waals surface area contributed by atoms with Gasteiger partial charge in [-0.1, -0.05) is 13.0 Å². The summed E-state index contributed by atoms with van der Waals surface area (Å²) in [4.78, 5) is 24.9. The summed E-state index contributed by atoms with van der Waals surface area (Å²) in [5, 5.41) is 21.5. The summed E-state index contributed by atoms with van der Waals surface area (Å²) in [5.41, 5.74) is 3.98. The van der Waals surface area contributed by atoms with E-state index in [2.05, 4.69) is 37.4 Å². The predicted molar refractivity (Wildman–Crippen MR) is 134 cm³/mol. The summed E-state index contributed by atoms with van der Waals surface area (Å²) in [5.74, 6) is 1.53. The van der Waals surface area contributed by atoms with Crippen LogP contribution in [0.2, 0.25) is 0 Å². The molecule has 0 aliphatic carbocycles. The number of aromatic amines is 1. The molecule has 0 aliphatic rings. The van der Waals surface area contributed by atoms with Gasteiger partial charge in [0.1, 0.15) is 17.9 Å². The number of nitrogens with one attached hydrogen (secondary N) is 2. The van der Waals surface area contributed by atoms with Crippen LogP contribution in [0.3, 0.4) is 0 Å².